The normalized spacial score (nSPS) is 17.5. The number of hydrogen-bond acceptors (Lipinski definition) is 1. The Morgan fingerprint density at radius 3 is 2.75 bits per heavy atom. The third kappa shape index (κ3) is 0.780. The van der Waals surface area contributed by atoms with Crippen molar-refractivity contribution < 1.29 is 4.58 Å². The van der Waals surface area contributed by atoms with Crippen molar-refractivity contribution in [2.75, 3.05) is 6.67 Å². The molecule has 2 nitrogen and oxygen atoms in total. The van der Waals surface area contributed by atoms with E-state index in [2.05, 4.69) is 13.3 Å². The summed E-state index contributed by atoms with van der Waals surface area (Å²) in [6.07, 6.45) is 5.60. The van der Waals surface area contributed by atoms with Gasteiger partial charge in [-0.2, -0.15) is 4.58 Å². The highest BCUT2D eigenvalue weighted by Crippen LogP contribution is 1.97. The van der Waals surface area contributed by atoms with Crippen LogP contribution in [0.5, 0.6) is 0 Å². The van der Waals surface area contributed by atoms with Gasteiger partial charge in [0.15, 0.2) is 6.20 Å². The molecule has 0 N–H and O–H groups in total. The fourth-order valence-electron chi connectivity index (χ4n) is 0.603. The van der Waals surface area contributed by atoms with E-state index in [0.717, 1.165) is 6.67 Å². The molecule has 0 atom stereocenters. The van der Waals surface area contributed by atoms with Gasteiger partial charge in [-0.3, -0.25) is 4.90 Å². The van der Waals surface area contributed by atoms with Crippen molar-refractivity contribution in [1.29, 1.82) is 0 Å². The van der Waals surface area contributed by atoms with Gasteiger partial charge in [0.25, 0.3) is 0 Å². The highest BCUT2D eigenvalue weighted by atomic mass is 15.3. The van der Waals surface area contributed by atoms with Gasteiger partial charge in [0, 0.05) is 6.20 Å². The molecular formula is C6H9N2+. The molecule has 0 aromatic heterocycles. The van der Waals surface area contributed by atoms with E-state index >= 15 is 0 Å². The maximum atomic E-state index is 3.69. The molecule has 0 aliphatic carbocycles. The second-order valence-corrected chi connectivity index (χ2v) is 1.73. The molecule has 0 aromatic carbocycles. The third-order valence-electron chi connectivity index (χ3n) is 1.05. The van der Waals surface area contributed by atoms with Crippen molar-refractivity contribution >= 4 is 6.72 Å². The van der Waals surface area contributed by atoms with E-state index in [1.807, 2.05) is 21.9 Å². The quantitative estimate of drug-likeness (QED) is 0.446. The molecule has 1 aliphatic heterocycles. The zero-order chi connectivity index (χ0) is 5.98. The Hall–Kier alpha value is -1.05. The van der Waals surface area contributed by atoms with Crippen LogP contribution in [0.3, 0.4) is 0 Å². The van der Waals surface area contributed by atoms with Crippen molar-refractivity contribution in [2.45, 2.75) is 0 Å². The van der Waals surface area contributed by atoms with Crippen molar-refractivity contribution in [2.24, 2.45) is 0 Å². The molecule has 0 unspecified atom stereocenters. The molecule has 0 amide bonds. The lowest BCUT2D eigenvalue weighted by Crippen LogP contribution is -2.11. The molecule has 0 saturated heterocycles. The molecule has 0 fully saturated rings. The highest BCUT2D eigenvalue weighted by molar-refractivity contribution is 5.16. The predicted octanol–water partition coefficient (Wildman–Crippen LogP) is 0.587. The first-order chi connectivity index (χ1) is 3.83. The molecule has 8 heavy (non-hydrogen) atoms. The molecule has 1 aliphatic rings. The van der Waals surface area contributed by atoms with Crippen LogP contribution in [0.1, 0.15) is 0 Å². The maximum absolute atomic E-state index is 3.69. The van der Waals surface area contributed by atoms with Gasteiger partial charge in [-0.15, -0.1) is 0 Å². The van der Waals surface area contributed by atoms with Crippen molar-refractivity contribution in [3.05, 3.63) is 25.2 Å². The van der Waals surface area contributed by atoms with Gasteiger partial charge in [-0.05, 0) is 0 Å². The lowest BCUT2D eigenvalue weighted by molar-refractivity contribution is -0.452. The fourth-order valence-corrected chi connectivity index (χ4v) is 0.603. The van der Waals surface area contributed by atoms with E-state index in [9.17, 15) is 0 Å². The molecule has 0 aromatic rings. The average Bonchev–Trinajstić information content (AvgIpc) is 2.14. The van der Waals surface area contributed by atoms with Crippen LogP contribution in [0.15, 0.2) is 25.2 Å². The van der Waals surface area contributed by atoms with Crippen LogP contribution in [0.2, 0.25) is 0 Å². The van der Waals surface area contributed by atoms with E-state index in [1.54, 1.807) is 6.20 Å². The molecule has 0 bridgehead atoms. The van der Waals surface area contributed by atoms with Gasteiger partial charge in [0.1, 0.15) is 6.72 Å². The summed E-state index contributed by atoms with van der Waals surface area (Å²) in [6, 6.07) is 0. The second-order valence-electron chi connectivity index (χ2n) is 1.73. The zero-order valence-corrected chi connectivity index (χ0v) is 4.75. The molecule has 42 valence electrons. The van der Waals surface area contributed by atoms with Gasteiger partial charge < -0.3 is 0 Å². The molecule has 0 spiro atoms. The Kier molecular flexibility index (Phi) is 1.16. The topological polar surface area (TPSA) is 6.25 Å². The van der Waals surface area contributed by atoms with Crippen molar-refractivity contribution in [3.63, 3.8) is 0 Å². The maximum Gasteiger partial charge on any atom is 0.226 e. The van der Waals surface area contributed by atoms with Crippen LogP contribution >= 0.6 is 0 Å². The van der Waals surface area contributed by atoms with Gasteiger partial charge in [0.2, 0.25) is 6.67 Å². The minimum absolute atomic E-state index is 0.823. The lowest BCUT2D eigenvalue weighted by atomic mass is 10.8. The van der Waals surface area contributed by atoms with Crippen molar-refractivity contribution in [1.82, 2.24) is 4.90 Å². The predicted molar refractivity (Wildman–Crippen MR) is 33.4 cm³/mol. The van der Waals surface area contributed by atoms with E-state index in [1.165, 1.54) is 0 Å². The number of rotatable bonds is 1. The first-order valence-corrected chi connectivity index (χ1v) is 2.46. The molecule has 0 radical (unpaired) electrons. The monoisotopic (exact) mass is 109 g/mol. The Bertz CT molecular complexity index is 147. The molecule has 2 heteroatoms. The van der Waals surface area contributed by atoms with Crippen LogP contribution < -0.4 is 0 Å². The minimum atomic E-state index is 0.823. The number of nitrogens with zero attached hydrogens (tertiary/aromatic N) is 2. The van der Waals surface area contributed by atoms with Gasteiger partial charge >= 0.3 is 0 Å². The van der Waals surface area contributed by atoms with Crippen LogP contribution in [0.25, 0.3) is 0 Å². The van der Waals surface area contributed by atoms with Gasteiger partial charge in [-0.1, -0.05) is 6.58 Å². The summed E-state index contributed by atoms with van der Waals surface area (Å²) < 4.78 is 1.84. The highest BCUT2D eigenvalue weighted by Gasteiger charge is 2.07. The lowest BCUT2D eigenvalue weighted by Gasteiger charge is -1.99. The van der Waals surface area contributed by atoms with E-state index in [4.69, 9.17) is 0 Å². The zero-order valence-electron chi connectivity index (χ0n) is 4.75. The number of hydrogen-bond donors (Lipinski definition) is 0. The first kappa shape index (κ1) is 5.09. The van der Waals surface area contributed by atoms with Gasteiger partial charge in [-0.25, -0.2) is 0 Å². The van der Waals surface area contributed by atoms with Crippen LogP contribution in [0.4, 0.5) is 0 Å². The fraction of sp³-hybridized carbons (Fsp3) is 0.167. The van der Waals surface area contributed by atoms with E-state index < -0.39 is 0 Å². The summed E-state index contributed by atoms with van der Waals surface area (Å²) >= 11 is 0. The summed E-state index contributed by atoms with van der Waals surface area (Å²) in [7, 11) is 0. The third-order valence-corrected chi connectivity index (χ3v) is 1.05. The summed E-state index contributed by atoms with van der Waals surface area (Å²) in [5.41, 5.74) is 0. The smallest absolute Gasteiger partial charge is 0.226 e. The first-order valence-electron chi connectivity index (χ1n) is 2.46. The van der Waals surface area contributed by atoms with E-state index in [-0.39, 0.29) is 0 Å². The van der Waals surface area contributed by atoms with Crippen molar-refractivity contribution in [3.8, 4) is 0 Å². The molecule has 1 heterocycles. The molecule has 1 rings (SSSR count). The Labute approximate surface area is 49.0 Å². The Balaban J connectivity index is 2.58. The SMILES string of the molecule is C=CN1C=C[N+](=C)C1. The standard InChI is InChI=1S/C6H9N2/c1-3-8-5-4-7(2)6-8/h3-5H,1-2,6H2/q+1. The van der Waals surface area contributed by atoms with E-state index in [0.29, 0.717) is 0 Å². The average molecular weight is 109 g/mol. The van der Waals surface area contributed by atoms with Crippen LogP contribution in [0, 0.1) is 0 Å². The Morgan fingerprint density at radius 1 is 1.75 bits per heavy atom. The summed E-state index contributed by atoms with van der Waals surface area (Å²) in [5, 5.41) is 0. The largest absolute Gasteiger partial charge is 0.294 e. The van der Waals surface area contributed by atoms with Crippen LogP contribution in [-0.4, -0.2) is 22.9 Å². The van der Waals surface area contributed by atoms with Crippen LogP contribution in [-0.2, 0) is 0 Å². The van der Waals surface area contributed by atoms with Gasteiger partial charge in [0.05, 0.1) is 6.20 Å². The minimum Gasteiger partial charge on any atom is -0.294 e. The summed E-state index contributed by atoms with van der Waals surface area (Å²) in [5.74, 6) is 0. The summed E-state index contributed by atoms with van der Waals surface area (Å²) in [4.78, 5) is 1.95. The molecule has 0 saturated carbocycles. The summed E-state index contributed by atoms with van der Waals surface area (Å²) in [6.45, 7) is 8.11. The Morgan fingerprint density at radius 2 is 2.50 bits per heavy atom. The second kappa shape index (κ2) is 1.82. The molecular weight excluding hydrogens is 100 g/mol.